The second kappa shape index (κ2) is 9.26. The Labute approximate surface area is 162 Å². The van der Waals surface area contributed by atoms with E-state index in [4.69, 9.17) is 4.74 Å². The van der Waals surface area contributed by atoms with Crippen LogP contribution in [-0.4, -0.2) is 40.9 Å². The number of para-hydroxylation sites is 1. The van der Waals surface area contributed by atoms with Gasteiger partial charge in [-0.25, -0.2) is 4.68 Å². The number of hydrogen-bond donors (Lipinski definition) is 1. The van der Waals surface area contributed by atoms with Crippen LogP contribution >= 0.6 is 0 Å². The summed E-state index contributed by atoms with van der Waals surface area (Å²) in [6, 6.07) is 15.3. The summed E-state index contributed by atoms with van der Waals surface area (Å²) in [5.41, 5.74) is 3.03. The van der Waals surface area contributed by atoms with Gasteiger partial charge in [-0.2, -0.15) is 10.4 Å². The number of carbonyl (C=O) groups is 1. The molecule has 7 nitrogen and oxygen atoms in total. The normalized spacial score (nSPS) is 11.1. The number of ether oxygens (including phenoxy) is 1. The quantitative estimate of drug-likeness (QED) is 0.390. The number of benzene rings is 1. The molecular weight excluding hydrogens is 354 g/mol. The molecule has 0 fully saturated rings. The molecular formula is C21H19N5O2. The summed E-state index contributed by atoms with van der Waals surface area (Å²) in [6.45, 7) is 0.702. The first kappa shape index (κ1) is 19.0. The van der Waals surface area contributed by atoms with Gasteiger partial charge < -0.3 is 10.1 Å². The van der Waals surface area contributed by atoms with E-state index in [1.807, 2.05) is 48.5 Å². The third-order valence-corrected chi connectivity index (χ3v) is 3.97. The van der Waals surface area contributed by atoms with Crippen molar-refractivity contribution in [3.63, 3.8) is 0 Å². The van der Waals surface area contributed by atoms with Crippen LogP contribution in [-0.2, 0) is 9.53 Å². The van der Waals surface area contributed by atoms with Gasteiger partial charge in [-0.15, -0.1) is 0 Å². The molecule has 0 saturated carbocycles. The van der Waals surface area contributed by atoms with Crippen LogP contribution in [0.2, 0.25) is 0 Å². The number of rotatable bonds is 7. The first-order valence-corrected chi connectivity index (χ1v) is 8.67. The number of methoxy groups -OCH3 is 1. The molecule has 0 unspecified atom stereocenters. The minimum atomic E-state index is -0.451. The van der Waals surface area contributed by atoms with Crippen LogP contribution in [0.1, 0.15) is 5.56 Å². The number of aromatic nitrogens is 3. The molecule has 0 aliphatic rings. The lowest BCUT2D eigenvalue weighted by atomic mass is 10.1. The molecule has 1 aromatic carbocycles. The fraction of sp³-hybridized carbons (Fsp3) is 0.143. The summed E-state index contributed by atoms with van der Waals surface area (Å²) in [6.07, 6.45) is 6.69. The lowest BCUT2D eigenvalue weighted by molar-refractivity contribution is -0.117. The van der Waals surface area contributed by atoms with Gasteiger partial charge in [-0.05, 0) is 30.3 Å². The summed E-state index contributed by atoms with van der Waals surface area (Å²) in [4.78, 5) is 16.3. The van der Waals surface area contributed by atoms with Crippen LogP contribution in [0.15, 0.2) is 66.6 Å². The Balaban J connectivity index is 2.02. The van der Waals surface area contributed by atoms with Crippen LogP contribution in [0, 0.1) is 11.3 Å². The topological polar surface area (TPSA) is 92.8 Å². The highest BCUT2D eigenvalue weighted by atomic mass is 16.5. The third kappa shape index (κ3) is 4.50. The molecule has 28 heavy (non-hydrogen) atoms. The van der Waals surface area contributed by atoms with Crippen LogP contribution in [0.4, 0.5) is 0 Å². The standard InChI is InChI=1S/C21H19N5O2/c1-28-12-11-24-21(27)17(14-22)13-18-15-26(19-5-3-2-4-6-19)25-20(18)16-7-9-23-10-8-16/h2-10,13,15H,11-12H2,1H3,(H,24,27). The first-order chi connectivity index (χ1) is 13.7. The first-order valence-electron chi connectivity index (χ1n) is 8.67. The molecule has 140 valence electrons. The van der Waals surface area contributed by atoms with Crippen molar-refractivity contribution in [1.29, 1.82) is 5.26 Å². The Morgan fingerprint density at radius 1 is 1.25 bits per heavy atom. The predicted molar refractivity (Wildman–Crippen MR) is 105 cm³/mol. The Kier molecular flexibility index (Phi) is 6.29. The van der Waals surface area contributed by atoms with E-state index in [0.717, 1.165) is 11.3 Å². The lowest BCUT2D eigenvalue weighted by Gasteiger charge is -2.03. The van der Waals surface area contributed by atoms with E-state index in [1.54, 1.807) is 36.5 Å². The zero-order chi connectivity index (χ0) is 19.8. The smallest absolute Gasteiger partial charge is 0.262 e. The van der Waals surface area contributed by atoms with Crippen molar-refractivity contribution in [1.82, 2.24) is 20.1 Å². The maximum Gasteiger partial charge on any atom is 0.262 e. The molecule has 0 atom stereocenters. The largest absolute Gasteiger partial charge is 0.383 e. The van der Waals surface area contributed by atoms with Crippen molar-refractivity contribution < 1.29 is 9.53 Å². The zero-order valence-corrected chi connectivity index (χ0v) is 15.4. The molecule has 0 radical (unpaired) electrons. The Hall–Kier alpha value is -3.76. The van der Waals surface area contributed by atoms with Gasteiger partial charge in [-0.1, -0.05) is 18.2 Å². The molecule has 7 heteroatoms. The summed E-state index contributed by atoms with van der Waals surface area (Å²) >= 11 is 0. The number of hydrogen-bond acceptors (Lipinski definition) is 5. The van der Waals surface area contributed by atoms with E-state index < -0.39 is 5.91 Å². The molecule has 1 amide bonds. The average molecular weight is 373 g/mol. The molecule has 3 aromatic rings. The summed E-state index contributed by atoms with van der Waals surface area (Å²) in [5.74, 6) is -0.451. The monoisotopic (exact) mass is 373 g/mol. The molecule has 0 bridgehead atoms. The Morgan fingerprint density at radius 3 is 2.68 bits per heavy atom. The van der Waals surface area contributed by atoms with Gasteiger partial charge >= 0.3 is 0 Å². The second-order valence-electron chi connectivity index (χ2n) is 5.87. The van der Waals surface area contributed by atoms with E-state index in [2.05, 4.69) is 15.4 Å². The van der Waals surface area contributed by atoms with Gasteiger partial charge in [0.1, 0.15) is 17.3 Å². The van der Waals surface area contributed by atoms with E-state index in [1.165, 1.54) is 0 Å². The van der Waals surface area contributed by atoms with Crippen molar-refractivity contribution in [2.75, 3.05) is 20.3 Å². The molecule has 2 aromatic heterocycles. The van der Waals surface area contributed by atoms with Crippen molar-refractivity contribution in [3.8, 4) is 23.0 Å². The summed E-state index contributed by atoms with van der Waals surface area (Å²) in [5, 5.41) is 16.8. The predicted octanol–water partition coefficient (Wildman–Crippen LogP) is 2.60. The van der Waals surface area contributed by atoms with E-state index in [0.29, 0.717) is 24.4 Å². The van der Waals surface area contributed by atoms with Crippen LogP contribution in [0.3, 0.4) is 0 Å². The number of nitrogens with zero attached hydrogens (tertiary/aromatic N) is 4. The highest BCUT2D eigenvalue weighted by Crippen LogP contribution is 2.25. The highest BCUT2D eigenvalue weighted by Gasteiger charge is 2.14. The maximum absolute atomic E-state index is 12.3. The Bertz CT molecular complexity index is 1000. The van der Waals surface area contributed by atoms with E-state index in [9.17, 15) is 10.1 Å². The van der Waals surface area contributed by atoms with E-state index in [-0.39, 0.29) is 5.57 Å². The van der Waals surface area contributed by atoms with Crippen molar-refractivity contribution in [2.24, 2.45) is 0 Å². The third-order valence-electron chi connectivity index (χ3n) is 3.97. The zero-order valence-electron chi connectivity index (χ0n) is 15.4. The molecule has 0 spiro atoms. The minimum Gasteiger partial charge on any atom is -0.383 e. The number of carbonyl (C=O) groups excluding carboxylic acids is 1. The SMILES string of the molecule is COCCNC(=O)C(C#N)=Cc1cn(-c2ccccc2)nc1-c1ccncc1. The second-order valence-corrected chi connectivity index (χ2v) is 5.87. The average Bonchev–Trinajstić information content (AvgIpc) is 3.17. The number of pyridine rings is 1. The number of amides is 1. The van der Waals surface area contributed by atoms with Gasteiger partial charge in [-0.3, -0.25) is 9.78 Å². The fourth-order valence-electron chi connectivity index (χ4n) is 2.61. The maximum atomic E-state index is 12.3. The number of nitrogens with one attached hydrogen (secondary N) is 1. The fourth-order valence-corrected chi connectivity index (χ4v) is 2.61. The van der Waals surface area contributed by atoms with Gasteiger partial charge in [0.15, 0.2) is 0 Å². The lowest BCUT2D eigenvalue weighted by Crippen LogP contribution is -2.27. The van der Waals surface area contributed by atoms with Gasteiger partial charge in [0, 0.05) is 43.4 Å². The Morgan fingerprint density at radius 2 is 2.00 bits per heavy atom. The van der Waals surface area contributed by atoms with Crippen molar-refractivity contribution in [3.05, 3.63) is 72.2 Å². The van der Waals surface area contributed by atoms with Crippen molar-refractivity contribution >= 4 is 12.0 Å². The molecule has 3 rings (SSSR count). The molecule has 0 aliphatic carbocycles. The molecule has 0 saturated heterocycles. The highest BCUT2D eigenvalue weighted by molar-refractivity contribution is 6.02. The van der Waals surface area contributed by atoms with Gasteiger partial charge in [0.2, 0.25) is 0 Å². The molecule has 2 heterocycles. The molecule has 1 N–H and O–H groups in total. The van der Waals surface area contributed by atoms with Crippen LogP contribution in [0.5, 0.6) is 0 Å². The van der Waals surface area contributed by atoms with Gasteiger partial charge in [0.05, 0.1) is 12.3 Å². The van der Waals surface area contributed by atoms with E-state index >= 15 is 0 Å². The summed E-state index contributed by atoms with van der Waals surface area (Å²) in [7, 11) is 1.55. The molecule has 0 aliphatic heterocycles. The van der Waals surface area contributed by atoms with Crippen LogP contribution in [0.25, 0.3) is 23.0 Å². The summed E-state index contributed by atoms with van der Waals surface area (Å²) < 4.78 is 6.64. The van der Waals surface area contributed by atoms with Crippen molar-refractivity contribution in [2.45, 2.75) is 0 Å². The van der Waals surface area contributed by atoms with Gasteiger partial charge in [0.25, 0.3) is 5.91 Å². The minimum absolute atomic E-state index is 0.000907. The van der Waals surface area contributed by atoms with Crippen LogP contribution < -0.4 is 5.32 Å². The number of nitriles is 1.